The van der Waals surface area contributed by atoms with Gasteiger partial charge in [0.15, 0.2) is 0 Å². The maximum atomic E-state index is 13.4. The van der Waals surface area contributed by atoms with Crippen LogP contribution in [0.4, 0.5) is 13.2 Å². The Morgan fingerprint density at radius 3 is 2.56 bits per heavy atom. The molecule has 2 aromatic rings. The van der Waals surface area contributed by atoms with Crippen molar-refractivity contribution in [2.24, 2.45) is 0 Å². The summed E-state index contributed by atoms with van der Waals surface area (Å²) in [5, 5.41) is 9.17. The van der Waals surface area contributed by atoms with Crippen LogP contribution in [0.1, 0.15) is 35.6 Å². The number of hydrogen-bond acceptors (Lipinski definition) is 3. The number of sulfonamides is 1. The maximum absolute atomic E-state index is 13.4. The third-order valence-corrected chi connectivity index (χ3v) is 6.73. The molecule has 1 aliphatic rings. The summed E-state index contributed by atoms with van der Waals surface area (Å²) >= 11 is 5.85. The molecule has 0 amide bonds. The van der Waals surface area contributed by atoms with Crippen LogP contribution in [0.25, 0.3) is 0 Å². The van der Waals surface area contributed by atoms with Gasteiger partial charge in [0.25, 0.3) is 0 Å². The first-order valence-corrected chi connectivity index (χ1v) is 9.85. The van der Waals surface area contributed by atoms with Crippen molar-refractivity contribution in [1.29, 1.82) is 5.26 Å². The van der Waals surface area contributed by atoms with E-state index >= 15 is 0 Å². The summed E-state index contributed by atoms with van der Waals surface area (Å²) in [4.78, 5) is -0.167. The Kier molecular flexibility index (Phi) is 5.21. The van der Waals surface area contributed by atoms with Crippen LogP contribution in [-0.4, -0.2) is 19.3 Å². The molecule has 3 rings (SSSR count). The molecule has 0 bridgehead atoms. The molecule has 1 aliphatic heterocycles. The Hall–Kier alpha value is -2.08. The fraction of sp³-hybridized carbons (Fsp3) is 0.278. The topological polar surface area (TPSA) is 61.2 Å². The molecular weight excluding hydrogens is 401 g/mol. The smallest absolute Gasteiger partial charge is 0.207 e. The Bertz CT molecular complexity index is 1020. The highest BCUT2D eigenvalue weighted by atomic mass is 35.5. The van der Waals surface area contributed by atoms with Crippen molar-refractivity contribution in [1.82, 2.24) is 4.31 Å². The molecule has 1 heterocycles. The van der Waals surface area contributed by atoms with Crippen molar-refractivity contribution in [3.8, 4) is 6.07 Å². The Morgan fingerprint density at radius 2 is 1.89 bits per heavy atom. The van der Waals surface area contributed by atoms with Gasteiger partial charge in [-0.2, -0.15) is 22.7 Å². The van der Waals surface area contributed by atoms with E-state index in [0.717, 1.165) is 16.4 Å². The normalized spacial score (nSPS) is 18.4. The molecule has 1 fully saturated rings. The van der Waals surface area contributed by atoms with Gasteiger partial charge in [-0.3, -0.25) is 0 Å². The summed E-state index contributed by atoms with van der Waals surface area (Å²) in [7, 11) is -4.09. The van der Waals surface area contributed by atoms with E-state index < -0.39 is 27.8 Å². The van der Waals surface area contributed by atoms with Gasteiger partial charge in [-0.1, -0.05) is 29.8 Å². The Morgan fingerprint density at radius 1 is 1.19 bits per heavy atom. The molecule has 1 saturated heterocycles. The second-order valence-corrected chi connectivity index (χ2v) is 8.41. The molecule has 4 nitrogen and oxygen atoms in total. The van der Waals surface area contributed by atoms with E-state index in [0.29, 0.717) is 6.42 Å². The van der Waals surface area contributed by atoms with Gasteiger partial charge in [0, 0.05) is 6.54 Å². The van der Waals surface area contributed by atoms with Gasteiger partial charge in [-0.05, 0) is 42.7 Å². The summed E-state index contributed by atoms with van der Waals surface area (Å²) in [6, 6.07) is 9.57. The van der Waals surface area contributed by atoms with E-state index in [1.807, 2.05) is 0 Å². The number of benzene rings is 2. The van der Waals surface area contributed by atoms with Crippen LogP contribution < -0.4 is 0 Å². The molecule has 142 valence electrons. The van der Waals surface area contributed by atoms with Crippen LogP contribution in [0.3, 0.4) is 0 Å². The minimum absolute atomic E-state index is 0.0100. The molecule has 0 aliphatic carbocycles. The van der Waals surface area contributed by atoms with E-state index in [2.05, 4.69) is 0 Å². The zero-order valence-corrected chi connectivity index (χ0v) is 15.4. The second-order valence-electron chi connectivity index (χ2n) is 6.11. The SMILES string of the molecule is N#Cc1cc(S(=O)(=O)N2CCCC2c2ccccc2C(F)(F)F)ccc1Cl. The van der Waals surface area contributed by atoms with Gasteiger partial charge < -0.3 is 0 Å². The first-order valence-electron chi connectivity index (χ1n) is 8.04. The number of nitriles is 1. The van der Waals surface area contributed by atoms with Crippen LogP contribution in [0.5, 0.6) is 0 Å². The van der Waals surface area contributed by atoms with Crippen molar-refractivity contribution in [2.45, 2.75) is 30.0 Å². The first-order chi connectivity index (χ1) is 12.7. The van der Waals surface area contributed by atoms with Gasteiger partial charge in [-0.15, -0.1) is 0 Å². The van der Waals surface area contributed by atoms with E-state index in [1.165, 1.54) is 30.3 Å². The second kappa shape index (κ2) is 7.15. The van der Waals surface area contributed by atoms with E-state index in [-0.39, 0.29) is 34.0 Å². The van der Waals surface area contributed by atoms with Crippen molar-refractivity contribution >= 4 is 21.6 Å². The largest absolute Gasteiger partial charge is 0.416 e. The van der Waals surface area contributed by atoms with E-state index in [9.17, 15) is 21.6 Å². The summed E-state index contributed by atoms with van der Waals surface area (Å²) in [5.41, 5.74) is -0.921. The molecule has 1 atom stereocenters. The van der Waals surface area contributed by atoms with Crippen molar-refractivity contribution in [3.63, 3.8) is 0 Å². The molecule has 1 unspecified atom stereocenters. The van der Waals surface area contributed by atoms with Crippen LogP contribution in [0, 0.1) is 11.3 Å². The molecule has 0 N–H and O–H groups in total. The summed E-state index contributed by atoms with van der Waals surface area (Å²) in [6.45, 7) is 0.101. The first kappa shape index (κ1) is 19.7. The van der Waals surface area contributed by atoms with Crippen LogP contribution >= 0.6 is 11.6 Å². The van der Waals surface area contributed by atoms with E-state index in [4.69, 9.17) is 16.9 Å². The molecule has 2 aromatic carbocycles. The summed E-state index contributed by atoms with van der Waals surface area (Å²) in [6.07, 6.45) is -3.86. The average Bonchev–Trinajstić information content (AvgIpc) is 3.11. The molecule has 0 saturated carbocycles. The fourth-order valence-electron chi connectivity index (χ4n) is 3.27. The molecule has 27 heavy (non-hydrogen) atoms. The molecule has 9 heteroatoms. The molecule has 0 radical (unpaired) electrons. The van der Waals surface area contributed by atoms with Crippen molar-refractivity contribution in [2.75, 3.05) is 6.54 Å². The predicted molar refractivity (Wildman–Crippen MR) is 93.5 cm³/mol. The Balaban J connectivity index is 2.07. The number of rotatable bonds is 3. The predicted octanol–water partition coefficient (Wildman–Crippen LogP) is 4.76. The zero-order valence-electron chi connectivity index (χ0n) is 13.9. The third kappa shape index (κ3) is 3.68. The summed E-state index contributed by atoms with van der Waals surface area (Å²) in [5.74, 6) is 0. The van der Waals surface area contributed by atoms with Gasteiger partial charge in [0.05, 0.1) is 27.1 Å². The van der Waals surface area contributed by atoms with Gasteiger partial charge >= 0.3 is 6.18 Å². The van der Waals surface area contributed by atoms with Crippen LogP contribution in [0.2, 0.25) is 5.02 Å². The monoisotopic (exact) mass is 414 g/mol. The number of hydrogen-bond donors (Lipinski definition) is 0. The standard InChI is InChI=1S/C18H14ClF3N2O2S/c19-16-8-7-13(10-12(16)11-23)27(25,26)24-9-3-6-17(24)14-4-1-2-5-15(14)18(20,21)22/h1-2,4-5,7-8,10,17H,3,6,9H2. The number of nitrogens with zero attached hydrogens (tertiary/aromatic N) is 2. The van der Waals surface area contributed by atoms with Crippen LogP contribution in [0.15, 0.2) is 47.4 Å². The fourth-order valence-corrected chi connectivity index (χ4v) is 5.13. The highest BCUT2D eigenvalue weighted by Gasteiger charge is 2.41. The lowest BCUT2D eigenvalue weighted by Gasteiger charge is -2.26. The minimum Gasteiger partial charge on any atom is -0.207 e. The highest BCUT2D eigenvalue weighted by Crippen LogP contribution is 2.42. The maximum Gasteiger partial charge on any atom is 0.416 e. The third-order valence-electron chi connectivity index (χ3n) is 4.49. The highest BCUT2D eigenvalue weighted by molar-refractivity contribution is 7.89. The molecular formula is C18H14ClF3N2O2S. The molecule has 0 aromatic heterocycles. The van der Waals surface area contributed by atoms with Crippen molar-refractivity contribution < 1.29 is 21.6 Å². The Labute approximate surface area is 159 Å². The molecule has 0 spiro atoms. The lowest BCUT2D eigenvalue weighted by Crippen LogP contribution is -2.31. The zero-order chi connectivity index (χ0) is 19.8. The van der Waals surface area contributed by atoms with Crippen molar-refractivity contribution in [3.05, 3.63) is 64.2 Å². The quantitative estimate of drug-likeness (QED) is 0.727. The average molecular weight is 415 g/mol. The van der Waals surface area contributed by atoms with Gasteiger partial charge in [-0.25, -0.2) is 8.42 Å². The van der Waals surface area contributed by atoms with Crippen LogP contribution in [-0.2, 0) is 16.2 Å². The lowest BCUT2D eigenvalue weighted by atomic mass is 9.99. The minimum atomic E-state index is -4.58. The summed E-state index contributed by atoms with van der Waals surface area (Å²) < 4.78 is 67.3. The van der Waals surface area contributed by atoms with E-state index in [1.54, 1.807) is 6.07 Å². The lowest BCUT2D eigenvalue weighted by molar-refractivity contribution is -0.138. The van der Waals surface area contributed by atoms with Gasteiger partial charge in [0.2, 0.25) is 10.0 Å². The van der Waals surface area contributed by atoms with Gasteiger partial charge in [0.1, 0.15) is 6.07 Å². The number of alkyl halides is 3. The number of halogens is 4.